The van der Waals surface area contributed by atoms with Gasteiger partial charge in [-0.25, -0.2) is 0 Å². The third-order valence-electron chi connectivity index (χ3n) is 1.93. The van der Waals surface area contributed by atoms with Crippen LogP contribution in [0.3, 0.4) is 0 Å². The van der Waals surface area contributed by atoms with Gasteiger partial charge in [-0.3, -0.25) is 10.3 Å². The fraction of sp³-hybridized carbons (Fsp3) is 0.364. The van der Waals surface area contributed by atoms with E-state index in [-0.39, 0.29) is 12.1 Å². The smallest absolute Gasteiger partial charge is 0.0662 e. The fourth-order valence-electron chi connectivity index (χ4n) is 1.15. The molecule has 0 bridgehead atoms. The molecule has 1 rings (SSSR count). The number of pyridine rings is 1. The van der Waals surface area contributed by atoms with Gasteiger partial charge in [0.2, 0.25) is 0 Å². The summed E-state index contributed by atoms with van der Waals surface area (Å²) in [7, 11) is 0. The Bertz CT molecular complexity index is 287. The predicted octanol–water partition coefficient (Wildman–Crippen LogP) is 1.75. The highest BCUT2D eigenvalue weighted by atomic mass is 14.9. The summed E-state index contributed by atoms with van der Waals surface area (Å²) in [5, 5.41) is 3.27. The first-order valence-electron chi connectivity index (χ1n) is 4.36. The summed E-state index contributed by atoms with van der Waals surface area (Å²) in [6.07, 6.45) is 8.88. The molecule has 0 spiro atoms. The van der Waals surface area contributed by atoms with E-state index in [1.165, 1.54) is 0 Å². The summed E-state index contributed by atoms with van der Waals surface area (Å²) >= 11 is 0. The van der Waals surface area contributed by atoms with E-state index in [0.29, 0.717) is 0 Å². The lowest BCUT2D eigenvalue weighted by Crippen LogP contribution is -2.27. The van der Waals surface area contributed by atoms with Gasteiger partial charge >= 0.3 is 0 Å². The molecule has 0 saturated heterocycles. The van der Waals surface area contributed by atoms with E-state index < -0.39 is 0 Å². The molecule has 1 N–H and O–H groups in total. The van der Waals surface area contributed by atoms with Crippen molar-refractivity contribution in [1.82, 2.24) is 10.3 Å². The lowest BCUT2D eigenvalue weighted by molar-refractivity contribution is 0.545. The Morgan fingerprint density at radius 1 is 1.54 bits per heavy atom. The average Bonchev–Trinajstić information content (AvgIpc) is 2.19. The fourth-order valence-corrected chi connectivity index (χ4v) is 1.15. The Morgan fingerprint density at radius 2 is 2.31 bits per heavy atom. The molecule has 0 amide bonds. The van der Waals surface area contributed by atoms with Crippen LogP contribution in [-0.4, -0.2) is 11.0 Å². The number of nitrogens with one attached hydrogen (secondary N) is 1. The lowest BCUT2D eigenvalue weighted by atomic mass is 10.1. The number of hydrogen-bond acceptors (Lipinski definition) is 2. The first-order valence-corrected chi connectivity index (χ1v) is 4.36. The van der Waals surface area contributed by atoms with Gasteiger partial charge in [0.05, 0.1) is 6.04 Å². The molecule has 2 heteroatoms. The molecule has 0 aliphatic carbocycles. The van der Waals surface area contributed by atoms with Crippen LogP contribution in [0.5, 0.6) is 0 Å². The Balaban J connectivity index is 2.60. The zero-order valence-corrected chi connectivity index (χ0v) is 7.99. The molecule has 0 aromatic carbocycles. The van der Waals surface area contributed by atoms with Crippen molar-refractivity contribution in [1.29, 1.82) is 0 Å². The maximum Gasteiger partial charge on any atom is 0.0662 e. The van der Waals surface area contributed by atoms with Crippen LogP contribution < -0.4 is 5.32 Å². The van der Waals surface area contributed by atoms with Crippen molar-refractivity contribution in [2.45, 2.75) is 25.9 Å². The van der Waals surface area contributed by atoms with Crippen LogP contribution in [0.4, 0.5) is 0 Å². The second-order valence-electron chi connectivity index (χ2n) is 3.06. The Kier molecular flexibility index (Phi) is 3.48. The normalized spacial score (nSPS) is 14.5. The Morgan fingerprint density at radius 3 is 2.85 bits per heavy atom. The highest BCUT2D eigenvalue weighted by molar-refractivity contribution is 5.14. The quantitative estimate of drug-likeness (QED) is 0.706. The molecule has 1 aromatic rings. The third kappa shape index (κ3) is 2.89. The summed E-state index contributed by atoms with van der Waals surface area (Å²) in [5.74, 6) is 2.63. The monoisotopic (exact) mass is 174 g/mol. The van der Waals surface area contributed by atoms with Gasteiger partial charge in [-0.2, -0.15) is 0 Å². The van der Waals surface area contributed by atoms with Gasteiger partial charge in [0.15, 0.2) is 0 Å². The molecule has 0 aliphatic heterocycles. The molecular weight excluding hydrogens is 160 g/mol. The van der Waals surface area contributed by atoms with E-state index >= 15 is 0 Å². The molecule has 0 radical (unpaired) electrons. The molecule has 68 valence electrons. The van der Waals surface area contributed by atoms with E-state index in [9.17, 15) is 0 Å². The zero-order chi connectivity index (χ0) is 9.68. The number of hydrogen-bond donors (Lipinski definition) is 1. The van der Waals surface area contributed by atoms with Gasteiger partial charge in [-0.15, -0.1) is 6.42 Å². The summed E-state index contributed by atoms with van der Waals surface area (Å²) in [6, 6.07) is 4.30. The highest BCUT2D eigenvalue weighted by Gasteiger charge is 2.06. The van der Waals surface area contributed by atoms with Gasteiger partial charge in [0, 0.05) is 18.4 Å². The number of aromatic nitrogens is 1. The van der Waals surface area contributed by atoms with Crippen molar-refractivity contribution in [3.8, 4) is 12.3 Å². The van der Waals surface area contributed by atoms with Crippen molar-refractivity contribution in [2.75, 3.05) is 0 Å². The number of rotatable bonds is 3. The molecule has 0 saturated carbocycles. The van der Waals surface area contributed by atoms with Crippen molar-refractivity contribution < 1.29 is 0 Å². The Hall–Kier alpha value is -1.33. The summed E-state index contributed by atoms with van der Waals surface area (Å²) < 4.78 is 0. The Labute approximate surface area is 79.4 Å². The van der Waals surface area contributed by atoms with Gasteiger partial charge in [0.1, 0.15) is 0 Å². The summed E-state index contributed by atoms with van der Waals surface area (Å²) in [4.78, 5) is 4.05. The molecule has 1 aromatic heterocycles. The molecule has 1 heterocycles. The molecule has 0 aliphatic rings. The average molecular weight is 174 g/mol. The van der Waals surface area contributed by atoms with Crippen LogP contribution in [-0.2, 0) is 0 Å². The van der Waals surface area contributed by atoms with Gasteiger partial charge in [-0.05, 0) is 25.5 Å². The van der Waals surface area contributed by atoms with E-state index in [1.807, 2.05) is 25.3 Å². The van der Waals surface area contributed by atoms with Gasteiger partial charge < -0.3 is 0 Å². The molecular formula is C11H14N2. The highest BCUT2D eigenvalue weighted by Crippen LogP contribution is 2.09. The number of terminal acetylenes is 1. The van der Waals surface area contributed by atoms with Crippen molar-refractivity contribution in [3.05, 3.63) is 30.1 Å². The SMILES string of the molecule is C#CC(C)N[C@@H](C)c1cccnc1. The standard InChI is InChI=1S/C11H14N2/c1-4-9(2)13-10(3)11-6-5-7-12-8-11/h1,5-10,13H,2-3H3/t9?,10-/m0/s1. The predicted molar refractivity (Wildman–Crippen MR) is 54.1 cm³/mol. The first-order chi connectivity index (χ1) is 6.24. The van der Waals surface area contributed by atoms with E-state index in [4.69, 9.17) is 6.42 Å². The topological polar surface area (TPSA) is 24.9 Å². The largest absolute Gasteiger partial charge is 0.297 e. The van der Waals surface area contributed by atoms with Crippen molar-refractivity contribution >= 4 is 0 Å². The van der Waals surface area contributed by atoms with Crippen LogP contribution in [0.15, 0.2) is 24.5 Å². The zero-order valence-electron chi connectivity index (χ0n) is 7.99. The first kappa shape index (κ1) is 9.76. The van der Waals surface area contributed by atoms with Crippen LogP contribution in [0.25, 0.3) is 0 Å². The maximum atomic E-state index is 5.27. The van der Waals surface area contributed by atoms with Crippen LogP contribution in [0, 0.1) is 12.3 Å². The summed E-state index contributed by atoms with van der Waals surface area (Å²) in [6.45, 7) is 4.04. The minimum Gasteiger partial charge on any atom is -0.297 e. The molecule has 13 heavy (non-hydrogen) atoms. The van der Waals surface area contributed by atoms with E-state index in [0.717, 1.165) is 5.56 Å². The van der Waals surface area contributed by atoms with Crippen LogP contribution in [0.2, 0.25) is 0 Å². The molecule has 2 nitrogen and oxygen atoms in total. The minimum atomic E-state index is 0.0928. The molecule has 2 atom stereocenters. The van der Waals surface area contributed by atoms with E-state index in [1.54, 1.807) is 6.20 Å². The molecule has 1 unspecified atom stereocenters. The van der Waals surface area contributed by atoms with Crippen LogP contribution in [0.1, 0.15) is 25.5 Å². The van der Waals surface area contributed by atoms with Crippen LogP contribution >= 0.6 is 0 Å². The van der Waals surface area contributed by atoms with Crippen molar-refractivity contribution in [2.24, 2.45) is 0 Å². The third-order valence-corrected chi connectivity index (χ3v) is 1.93. The second-order valence-corrected chi connectivity index (χ2v) is 3.06. The number of nitrogens with zero attached hydrogens (tertiary/aromatic N) is 1. The second kappa shape index (κ2) is 4.64. The van der Waals surface area contributed by atoms with Crippen molar-refractivity contribution in [3.63, 3.8) is 0 Å². The van der Waals surface area contributed by atoms with E-state index in [2.05, 4.69) is 23.1 Å². The maximum absolute atomic E-state index is 5.27. The minimum absolute atomic E-state index is 0.0928. The molecule has 0 fully saturated rings. The van der Waals surface area contributed by atoms with Gasteiger partial charge in [0.25, 0.3) is 0 Å². The summed E-state index contributed by atoms with van der Waals surface area (Å²) in [5.41, 5.74) is 1.16. The lowest BCUT2D eigenvalue weighted by Gasteiger charge is -2.15. The van der Waals surface area contributed by atoms with Gasteiger partial charge in [-0.1, -0.05) is 12.0 Å².